The Morgan fingerprint density at radius 3 is 2.85 bits per heavy atom. The number of amides is 1. The largest absolute Gasteiger partial charge is 0.381 e. The molecule has 118 valence electrons. The summed E-state index contributed by atoms with van der Waals surface area (Å²) in [6, 6.07) is 0. The minimum absolute atomic E-state index is 0.187. The number of carbonyl (C=O) groups excluding carboxylic acids is 1. The predicted octanol–water partition coefficient (Wildman–Crippen LogP) is 2.19. The van der Waals surface area contributed by atoms with Crippen LogP contribution in [-0.2, 0) is 9.53 Å². The van der Waals surface area contributed by atoms with Crippen LogP contribution in [-0.4, -0.2) is 38.8 Å². The van der Waals surface area contributed by atoms with Crippen molar-refractivity contribution in [2.24, 2.45) is 17.8 Å². The van der Waals surface area contributed by atoms with Crippen LogP contribution in [0.1, 0.15) is 46.5 Å². The SMILES string of the molecule is CC(C)COCCCNC(=O)CC(C)C1CCCNC1. The lowest BCUT2D eigenvalue weighted by Gasteiger charge is -2.28. The van der Waals surface area contributed by atoms with Crippen molar-refractivity contribution in [3.8, 4) is 0 Å². The van der Waals surface area contributed by atoms with E-state index >= 15 is 0 Å². The van der Waals surface area contributed by atoms with Crippen LogP contribution in [0.2, 0.25) is 0 Å². The monoisotopic (exact) mass is 284 g/mol. The van der Waals surface area contributed by atoms with E-state index in [9.17, 15) is 4.79 Å². The molecule has 0 aromatic carbocycles. The third-order valence-electron chi connectivity index (χ3n) is 3.89. The van der Waals surface area contributed by atoms with E-state index in [0.29, 0.717) is 24.2 Å². The van der Waals surface area contributed by atoms with E-state index in [1.807, 2.05) is 0 Å². The summed E-state index contributed by atoms with van der Waals surface area (Å²) >= 11 is 0. The van der Waals surface area contributed by atoms with Gasteiger partial charge in [-0.25, -0.2) is 0 Å². The standard InChI is InChI=1S/C16H32N2O2/c1-13(2)12-20-9-5-8-18-16(19)10-14(3)15-6-4-7-17-11-15/h13-15,17H,4-12H2,1-3H3,(H,18,19). The van der Waals surface area contributed by atoms with Crippen molar-refractivity contribution in [1.82, 2.24) is 10.6 Å². The van der Waals surface area contributed by atoms with Crippen molar-refractivity contribution >= 4 is 5.91 Å². The van der Waals surface area contributed by atoms with Gasteiger partial charge in [0, 0.05) is 26.2 Å². The van der Waals surface area contributed by atoms with Crippen molar-refractivity contribution < 1.29 is 9.53 Å². The summed E-state index contributed by atoms with van der Waals surface area (Å²) in [5.41, 5.74) is 0. The first-order chi connectivity index (χ1) is 9.59. The number of ether oxygens (including phenoxy) is 1. The highest BCUT2D eigenvalue weighted by Gasteiger charge is 2.21. The smallest absolute Gasteiger partial charge is 0.220 e. The zero-order valence-corrected chi connectivity index (χ0v) is 13.4. The molecular formula is C16H32N2O2. The third-order valence-corrected chi connectivity index (χ3v) is 3.89. The quantitative estimate of drug-likeness (QED) is 0.638. The first kappa shape index (κ1) is 17.4. The second kappa shape index (κ2) is 10.2. The van der Waals surface area contributed by atoms with Gasteiger partial charge in [-0.2, -0.15) is 0 Å². The van der Waals surface area contributed by atoms with Gasteiger partial charge in [0.05, 0.1) is 0 Å². The van der Waals surface area contributed by atoms with Gasteiger partial charge in [-0.15, -0.1) is 0 Å². The molecule has 0 bridgehead atoms. The van der Waals surface area contributed by atoms with E-state index in [1.165, 1.54) is 12.8 Å². The van der Waals surface area contributed by atoms with Gasteiger partial charge in [0.25, 0.3) is 0 Å². The van der Waals surface area contributed by atoms with Crippen LogP contribution in [0.15, 0.2) is 0 Å². The maximum Gasteiger partial charge on any atom is 0.220 e. The fourth-order valence-electron chi connectivity index (χ4n) is 2.62. The molecular weight excluding hydrogens is 252 g/mol. The average molecular weight is 284 g/mol. The van der Waals surface area contributed by atoms with E-state index in [0.717, 1.165) is 39.3 Å². The number of piperidine rings is 1. The molecule has 1 rings (SSSR count). The van der Waals surface area contributed by atoms with Gasteiger partial charge >= 0.3 is 0 Å². The molecule has 2 N–H and O–H groups in total. The van der Waals surface area contributed by atoms with Gasteiger partial charge < -0.3 is 15.4 Å². The topological polar surface area (TPSA) is 50.4 Å². The molecule has 1 amide bonds. The summed E-state index contributed by atoms with van der Waals surface area (Å²) in [4.78, 5) is 11.9. The lowest BCUT2D eigenvalue weighted by Crippen LogP contribution is -2.35. The van der Waals surface area contributed by atoms with Crippen molar-refractivity contribution in [3.63, 3.8) is 0 Å². The Morgan fingerprint density at radius 1 is 1.40 bits per heavy atom. The Bertz CT molecular complexity index is 263. The molecule has 1 heterocycles. The van der Waals surface area contributed by atoms with Crippen molar-refractivity contribution in [1.29, 1.82) is 0 Å². The number of nitrogens with one attached hydrogen (secondary N) is 2. The van der Waals surface area contributed by atoms with E-state index in [1.54, 1.807) is 0 Å². The van der Waals surface area contributed by atoms with Crippen LogP contribution in [0.4, 0.5) is 0 Å². The van der Waals surface area contributed by atoms with Crippen LogP contribution in [0.5, 0.6) is 0 Å². The molecule has 0 spiro atoms. The van der Waals surface area contributed by atoms with Crippen molar-refractivity contribution in [3.05, 3.63) is 0 Å². The lowest BCUT2D eigenvalue weighted by molar-refractivity contribution is -0.122. The van der Waals surface area contributed by atoms with Crippen LogP contribution in [0, 0.1) is 17.8 Å². The Labute approximate surface area is 124 Å². The minimum atomic E-state index is 0.187. The molecule has 4 heteroatoms. The van der Waals surface area contributed by atoms with Crippen LogP contribution in [0.3, 0.4) is 0 Å². The van der Waals surface area contributed by atoms with Gasteiger partial charge in [0.2, 0.25) is 5.91 Å². The summed E-state index contributed by atoms with van der Waals surface area (Å²) in [6.45, 7) is 11.0. The Morgan fingerprint density at radius 2 is 2.20 bits per heavy atom. The molecule has 20 heavy (non-hydrogen) atoms. The summed E-state index contributed by atoms with van der Waals surface area (Å²) in [5.74, 6) is 1.89. The van der Waals surface area contributed by atoms with Crippen LogP contribution >= 0.6 is 0 Å². The number of hydrogen-bond acceptors (Lipinski definition) is 3. The van der Waals surface area contributed by atoms with Gasteiger partial charge in [0.15, 0.2) is 0 Å². The van der Waals surface area contributed by atoms with E-state index in [-0.39, 0.29) is 5.91 Å². The molecule has 2 unspecified atom stereocenters. The minimum Gasteiger partial charge on any atom is -0.381 e. The van der Waals surface area contributed by atoms with Crippen molar-refractivity contribution in [2.75, 3.05) is 32.8 Å². The van der Waals surface area contributed by atoms with E-state index in [2.05, 4.69) is 31.4 Å². The maximum absolute atomic E-state index is 11.9. The lowest BCUT2D eigenvalue weighted by atomic mass is 9.85. The molecule has 1 aliphatic rings. The molecule has 1 fully saturated rings. The summed E-state index contributed by atoms with van der Waals surface area (Å²) in [7, 11) is 0. The van der Waals surface area contributed by atoms with Gasteiger partial charge in [-0.3, -0.25) is 4.79 Å². The summed E-state index contributed by atoms with van der Waals surface area (Å²) in [5, 5.41) is 6.42. The number of rotatable bonds is 9. The van der Waals surface area contributed by atoms with Crippen LogP contribution < -0.4 is 10.6 Å². The molecule has 2 atom stereocenters. The van der Waals surface area contributed by atoms with Gasteiger partial charge in [-0.05, 0) is 50.1 Å². The molecule has 0 saturated carbocycles. The number of carbonyl (C=O) groups is 1. The third kappa shape index (κ3) is 7.85. The molecule has 0 aliphatic carbocycles. The van der Waals surface area contributed by atoms with Crippen LogP contribution in [0.25, 0.3) is 0 Å². The highest BCUT2D eigenvalue weighted by molar-refractivity contribution is 5.76. The average Bonchev–Trinajstić information content (AvgIpc) is 2.43. The molecule has 1 saturated heterocycles. The molecule has 1 aliphatic heterocycles. The fraction of sp³-hybridized carbons (Fsp3) is 0.938. The predicted molar refractivity (Wildman–Crippen MR) is 82.7 cm³/mol. The van der Waals surface area contributed by atoms with E-state index in [4.69, 9.17) is 4.74 Å². The Hall–Kier alpha value is -0.610. The number of hydrogen-bond donors (Lipinski definition) is 2. The highest BCUT2D eigenvalue weighted by Crippen LogP contribution is 2.22. The first-order valence-corrected chi connectivity index (χ1v) is 8.14. The fourth-order valence-corrected chi connectivity index (χ4v) is 2.62. The van der Waals surface area contributed by atoms with Gasteiger partial charge in [0.1, 0.15) is 0 Å². The second-order valence-corrected chi connectivity index (χ2v) is 6.46. The highest BCUT2D eigenvalue weighted by atomic mass is 16.5. The first-order valence-electron chi connectivity index (χ1n) is 8.14. The molecule has 4 nitrogen and oxygen atoms in total. The van der Waals surface area contributed by atoms with Crippen molar-refractivity contribution in [2.45, 2.75) is 46.5 Å². The zero-order chi connectivity index (χ0) is 14.8. The Balaban J connectivity index is 2.01. The summed E-state index contributed by atoms with van der Waals surface area (Å²) < 4.78 is 5.49. The second-order valence-electron chi connectivity index (χ2n) is 6.46. The van der Waals surface area contributed by atoms with E-state index < -0.39 is 0 Å². The zero-order valence-electron chi connectivity index (χ0n) is 13.4. The maximum atomic E-state index is 11.9. The molecule has 0 aromatic rings. The molecule has 0 aromatic heterocycles. The summed E-state index contributed by atoms with van der Waals surface area (Å²) in [6.07, 6.45) is 4.05. The Kier molecular flexibility index (Phi) is 8.86. The molecule has 0 radical (unpaired) electrons. The normalized spacial score (nSPS) is 20.9. The van der Waals surface area contributed by atoms with Gasteiger partial charge in [-0.1, -0.05) is 20.8 Å².